The molecule has 1 spiro atoms. The lowest BCUT2D eigenvalue weighted by Crippen LogP contribution is -2.46. The molecular formula is C23H28N2O4. The zero-order valence-corrected chi connectivity index (χ0v) is 16.9. The molecule has 1 aromatic carbocycles. The fourth-order valence-electron chi connectivity index (χ4n) is 5.49. The van der Waals surface area contributed by atoms with Gasteiger partial charge in [-0.2, -0.15) is 0 Å². The van der Waals surface area contributed by atoms with E-state index in [0.717, 1.165) is 37.2 Å². The van der Waals surface area contributed by atoms with Crippen LogP contribution < -0.4 is 4.74 Å². The number of carbonyl (C=O) groups excluding carboxylic acids is 2. The van der Waals surface area contributed by atoms with Gasteiger partial charge < -0.3 is 19.3 Å². The molecule has 4 aliphatic heterocycles. The van der Waals surface area contributed by atoms with E-state index in [1.54, 1.807) is 7.11 Å². The predicted molar refractivity (Wildman–Crippen MR) is 107 cm³/mol. The van der Waals surface area contributed by atoms with Crippen LogP contribution in [0, 0.1) is 11.8 Å². The Morgan fingerprint density at radius 2 is 2.03 bits per heavy atom. The minimum absolute atomic E-state index is 0.0350. The molecule has 2 amide bonds. The number of nitrogens with zero attached hydrogens (tertiary/aromatic N) is 2. The molecule has 154 valence electrons. The van der Waals surface area contributed by atoms with Gasteiger partial charge >= 0.3 is 0 Å². The Morgan fingerprint density at radius 3 is 2.79 bits per heavy atom. The summed E-state index contributed by atoms with van der Waals surface area (Å²) in [4.78, 5) is 30.6. The van der Waals surface area contributed by atoms with Gasteiger partial charge in [0, 0.05) is 19.6 Å². The van der Waals surface area contributed by atoms with E-state index < -0.39 is 11.5 Å². The van der Waals surface area contributed by atoms with E-state index in [9.17, 15) is 9.59 Å². The summed E-state index contributed by atoms with van der Waals surface area (Å²) in [6, 6.07) is 7.77. The Balaban J connectivity index is 1.37. The molecule has 0 aromatic heterocycles. The molecule has 0 aliphatic carbocycles. The van der Waals surface area contributed by atoms with E-state index in [4.69, 9.17) is 9.47 Å². The number of fused-ring (bicyclic) bond motifs is 1. The van der Waals surface area contributed by atoms with Crippen LogP contribution in [-0.2, 0) is 20.9 Å². The summed E-state index contributed by atoms with van der Waals surface area (Å²) in [6.45, 7) is 2.60. The van der Waals surface area contributed by atoms with Gasteiger partial charge in [-0.1, -0.05) is 37.1 Å². The third-order valence-corrected chi connectivity index (χ3v) is 6.89. The lowest BCUT2D eigenvalue weighted by atomic mass is 9.76. The topological polar surface area (TPSA) is 59.1 Å². The zero-order valence-electron chi connectivity index (χ0n) is 16.9. The van der Waals surface area contributed by atoms with E-state index in [0.29, 0.717) is 13.1 Å². The largest absolute Gasteiger partial charge is 0.497 e. The fourth-order valence-corrected chi connectivity index (χ4v) is 5.49. The molecule has 0 unspecified atom stereocenters. The van der Waals surface area contributed by atoms with Crippen LogP contribution in [0.15, 0.2) is 36.4 Å². The summed E-state index contributed by atoms with van der Waals surface area (Å²) in [6.07, 6.45) is 8.21. The number of carbonyl (C=O) groups is 2. The summed E-state index contributed by atoms with van der Waals surface area (Å²) in [5, 5.41) is 0. The first-order valence-electron chi connectivity index (χ1n) is 10.7. The van der Waals surface area contributed by atoms with Gasteiger partial charge in [-0.15, -0.1) is 0 Å². The molecular weight excluding hydrogens is 368 g/mol. The third kappa shape index (κ3) is 3.05. The molecule has 3 saturated heterocycles. The van der Waals surface area contributed by atoms with E-state index >= 15 is 0 Å². The van der Waals surface area contributed by atoms with Crippen molar-refractivity contribution >= 4 is 11.8 Å². The van der Waals surface area contributed by atoms with Gasteiger partial charge in [-0.25, -0.2) is 0 Å². The van der Waals surface area contributed by atoms with Crippen molar-refractivity contribution < 1.29 is 19.1 Å². The van der Waals surface area contributed by atoms with Gasteiger partial charge in [0.1, 0.15) is 11.4 Å². The second-order valence-electron chi connectivity index (χ2n) is 8.69. The number of likely N-dealkylation sites (tertiary alicyclic amines) is 2. The molecule has 2 bridgehead atoms. The van der Waals surface area contributed by atoms with E-state index in [1.807, 2.05) is 46.2 Å². The molecule has 5 rings (SSSR count). The van der Waals surface area contributed by atoms with Crippen LogP contribution in [0.2, 0.25) is 0 Å². The van der Waals surface area contributed by atoms with Gasteiger partial charge in [0.2, 0.25) is 11.8 Å². The molecule has 29 heavy (non-hydrogen) atoms. The molecule has 3 fully saturated rings. The van der Waals surface area contributed by atoms with Crippen molar-refractivity contribution in [1.82, 2.24) is 9.80 Å². The van der Waals surface area contributed by atoms with Crippen LogP contribution in [0.1, 0.15) is 31.2 Å². The van der Waals surface area contributed by atoms with Crippen molar-refractivity contribution in [2.45, 2.75) is 43.9 Å². The average molecular weight is 396 g/mol. The zero-order chi connectivity index (χ0) is 20.0. The monoisotopic (exact) mass is 396 g/mol. The number of hydrogen-bond donors (Lipinski definition) is 0. The second kappa shape index (κ2) is 7.17. The highest BCUT2D eigenvalue weighted by Gasteiger charge is 2.67. The van der Waals surface area contributed by atoms with Crippen LogP contribution >= 0.6 is 0 Å². The summed E-state index contributed by atoms with van der Waals surface area (Å²) in [7, 11) is 1.64. The van der Waals surface area contributed by atoms with E-state index in [2.05, 4.69) is 0 Å². The highest BCUT2D eigenvalue weighted by atomic mass is 16.5. The first-order valence-corrected chi connectivity index (χ1v) is 10.7. The molecule has 0 radical (unpaired) electrons. The maximum Gasteiger partial charge on any atom is 0.230 e. The maximum absolute atomic E-state index is 13.4. The van der Waals surface area contributed by atoms with Crippen molar-refractivity contribution in [3.05, 3.63) is 42.0 Å². The Bertz CT molecular complexity index is 845. The first-order chi connectivity index (χ1) is 14.1. The molecule has 6 heteroatoms. The molecule has 4 atom stereocenters. The quantitative estimate of drug-likeness (QED) is 0.734. The number of rotatable bonds is 4. The molecule has 4 heterocycles. The molecule has 6 nitrogen and oxygen atoms in total. The van der Waals surface area contributed by atoms with Crippen molar-refractivity contribution in [3.8, 4) is 5.75 Å². The highest BCUT2D eigenvalue weighted by molar-refractivity contribution is 5.93. The van der Waals surface area contributed by atoms with Crippen LogP contribution in [0.5, 0.6) is 5.75 Å². The summed E-state index contributed by atoms with van der Waals surface area (Å²) in [5.41, 5.74) is 0.371. The van der Waals surface area contributed by atoms with Crippen molar-refractivity contribution in [1.29, 1.82) is 0 Å². The van der Waals surface area contributed by atoms with Gasteiger partial charge in [0.15, 0.2) is 0 Å². The van der Waals surface area contributed by atoms with Crippen molar-refractivity contribution in [2.24, 2.45) is 11.8 Å². The number of benzene rings is 1. The van der Waals surface area contributed by atoms with Gasteiger partial charge in [-0.3, -0.25) is 9.59 Å². The lowest BCUT2D eigenvalue weighted by molar-refractivity contribution is -0.143. The Hall–Kier alpha value is -2.34. The summed E-state index contributed by atoms with van der Waals surface area (Å²) in [5.74, 6) is 0.121. The van der Waals surface area contributed by atoms with Gasteiger partial charge in [0.05, 0.1) is 31.6 Å². The number of amides is 2. The minimum Gasteiger partial charge on any atom is -0.497 e. The summed E-state index contributed by atoms with van der Waals surface area (Å²) < 4.78 is 11.6. The van der Waals surface area contributed by atoms with E-state index in [-0.39, 0.29) is 23.8 Å². The normalized spacial score (nSPS) is 33.1. The summed E-state index contributed by atoms with van der Waals surface area (Å²) >= 11 is 0. The molecule has 0 saturated carbocycles. The standard InChI is InChI=1S/C23H28N2O4/c1-28-17-8-6-7-16(13-17)14-25-15-23-10-9-18(29-23)19(20(23)22(25)27)21(26)24-11-4-2-3-5-12-24/h6-10,13,18-20H,2-5,11-12,14-15H2,1H3/t18-,19+,20+,23-/m0/s1. The molecule has 0 N–H and O–H groups in total. The van der Waals surface area contributed by atoms with Gasteiger partial charge in [0.25, 0.3) is 0 Å². The fraction of sp³-hybridized carbons (Fsp3) is 0.565. The maximum atomic E-state index is 13.4. The second-order valence-corrected chi connectivity index (χ2v) is 8.69. The van der Waals surface area contributed by atoms with Gasteiger partial charge in [-0.05, 0) is 30.5 Å². The van der Waals surface area contributed by atoms with Crippen LogP contribution in [0.4, 0.5) is 0 Å². The van der Waals surface area contributed by atoms with Crippen LogP contribution in [-0.4, -0.2) is 60.1 Å². The smallest absolute Gasteiger partial charge is 0.230 e. The first kappa shape index (κ1) is 18.7. The third-order valence-electron chi connectivity index (χ3n) is 6.89. The number of methoxy groups -OCH3 is 1. The number of hydrogen-bond acceptors (Lipinski definition) is 4. The average Bonchev–Trinajstić information content (AvgIpc) is 3.26. The Morgan fingerprint density at radius 1 is 1.24 bits per heavy atom. The minimum atomic E-state index is -0.646. The molecule has 1 aromatic rings. The number of ether oxygens (including phenoxy) is 2. The van der Waals surface area contributed by atoms with Crippen molar-refractivity contribution in [3.63, 3.8) is 0 Å². The Kier molecular flexibility index (Phi) is 4.62. The SMILES string of the molecule is COc1cccc(CN2C[C@]34C=C[C@H](O3)[C@@H](C(=O)N3CCCCCC3)[C@@H]4C2=O)c1. The highest BCUT2D eigenvalue weighted by Crippen LogP contribution is 2.52. The predicted octanol–water partition coefficient (Wildman–Crippen LogP) is 2.38. The van der Waals surface area contributed by atoms with Crippen LogP contribution in [0.25, 0.3) is 0 Å². The molecule has 4 aliphatic rings. The Labute approximate surface area is 171 Å². The van der Waals surface area contributed by atoms with Crippen LogP contribution in [0.3, 0.4) is 0 Å². The van der Waals surface area contributed by atoms with E-state index in [1.165, 1.54) is 12.8 Å². The van der Waals surface area contributed by atoms with Crippen molar-refractivity contribution in [2.75, 3.05) is 26.7 Å². The lowest BCUT2D eigenvalue weighted by Gasteiger charge is -2.29.